The van der Waals surface area contributed by atoms with Crippen LogP contribution in [0, 0.1) is 5.82 Å². The molecule has 0 saturated carbocycles. The van der Waals surface area contributed by atoms with Crippen LogP contribution in [0.15, 0.2) is 41.2 Å². The van der Waals surface area contributed by atoms with Gasteiger partial charge < -0.3 is 24.3 Å². The van der Waals surface area contributed by atoms with Gasteiger partial charge in [0.15, 0.2) is 17.3 Å². The fourth-order valence-corrected chi connectivity index (χ4v) is 3.74. The van der Waals surface area contributed by atoms with Crippen molar-refractivity contribution in [2.75, 3.05) is 45.3 Å². The van der Waals surface area contributed by atoms with E-state index in [-0.39, 0.29) is 11.4 Å². The van der Waals surface area contributed by atoms with Gasteiger partial charge in [-0.2, -0.15) is 0 Å². The summed E-state index contributed by atoms with van der Waals surface area (Å²) in [7, 11) is 3.09. The number of quaternary nitrogens is 1. The lowest BCUT2D eigenvalue weighted by Gasteiger charge is -2.33. The average molecular weight is 399 g/mol. The van der Waals surface area contributed by atoms with E-state index >= 15 is 0 Å². The molecule has 2 N–H and O–H groups in total. The normalized spacial score (nSPS) is 14.9. The first-order valence-electron chi connectivity index (χ1n) is 9.56. The van der Waals surface area contributed by atoms with Crippen LogP contribution in [0.25, 0.3) is 10.9 Å². The van der Waals surface area contributed by atoms with Gasteiger partial charge in [0.1, 0.15) is 12.4 Å². The summed E-state index contributed by atoms with van der Waals surface area (Å²) >= 11 is 0. The van der Waals surface area contributed by atoms with Crippen molar-refractivity contribution >= 4 is 16.6 Å². The van der Waals surface area contributed by atoms with Gasteiger partial charge in [-0.25, -0.2) is 9.37 Å². The Hall–Kier alpha value is -3.13. The maximum atomic E-state index is 13.1. The van der Waals surface area contributed by atoms with Gasteiger partial charge in [-0.15, -0.1) is 0 Å². The predicted octanol–water partition coefficient (Wildman–Crippen LogP) is 0.984. The lowest BCUT2D eigenvalue weighted by atomic mass is 10.2. The molecule has 3 aromatic rings. The number of nitrogens with zero attached hydrogens (tertiary/aromatic N) is 2. The van der Waals surface area contributed by atoms with Crippen molar-refractivity contribution in [1.82, 2.24) is 9.97 Å². The molecule has 7 nitrogen and oxygen atoms in total. The standard InChI is InChI=1S/C21H23FN4O3/c1-28-18-11-16-17(12-19(18)29-2)23-20(24-21(16)27)13-25-7-9-26(10-8-25)15-5-3-14(22)4-6-15/h3-6,11-12H,7-10,13H2,1-2H3,(H,23,24,27)/p+1. The van der Waals surface area contributed by atoms with E-state index in [0.717, 1.165) is 31.9 Å². The first-order chi connectivity index (χ1) is 14.1. The number of H-pyrrole nitrogens is 1. The molecule has 0 unspecified atom stereocenters. The van der Waals surface area contributed by atoms with Gasteiger partial charge in [0.2, 0.25) is 0 Å². The van der Waals surface area contributed by atoms with E-state index < -0.39 is 0 Å². The Morgan fingerprint density at radius 3 is 2.41 bits per heavy atom. The molecule has 0 atom stereocenters. The number of hydrogen-bond donors (Lipinski definition) is 2. The maximum Gasteiger partial charge on any atom is 0.259 e. The summed E-state index contributed by atoms with van der Waals surface area (Å²) in [6, 6.07) is 9.98. The smallest absolute Gasteiger partial charge is 0.259 e. The minimum absolute atomic E-state index is 0.185. The highest BCUT2D eigenvalue weighted by atomic mass is 19.1. The molecular formula is C21H24FN4O3+. The van der Waals surface area contributed by atoms with Crippen LogP contribution < -0.4 is 24.8 Å². The zero-order valence-electron chi connectivity index (χ0n) is 16.5. The van der Waals surface area contributed by atoms with Crippen molar-refractivity contribution < 1.29 is 18.8 Å². The Morgan fingerprint density at radius 2 is 1.76 bits per heavy atom. The quantitative estimate of drug-likeness (QED) is 0.670. The lowest BCUT2D eigenvalue weighted by molar-refractivity contribution is -0.915. The molecule has 1 aliphatic rings. The highest BCUT2D eigenvalue weighted by Crippen LogP contribution is 2.29. The van der Waals surface area contributed by atoms with Gasteiger partial charge in [0.25, 0.3) is 5.56 Å². The summed E-state index contributed by atoms with van der Waals surface area (Å²) in [4.78, 5) is 23.6. The van der Waals surface area contributed by atoms with Gasteiger partial charge in [0, 0.05) is 11.8 Å². The maximum absolute atomic E-state index is 13.1. The number of piperazine rings is 1. The van der Waals surface area contributed by atoms with Gasteiger partial charge >= 0.3 is 0 Å². The average Bonchev–Trinajstić information content (AvgIpc) is 2.74. The minimum atomic E-state index is -0.224. The number of anilines is 1. The first kappa shape index (κ1) is 19.2. The molecule has 152 valence electrons. The summed E-state index contributed by atoms with van der Waals surface area (Å²) in [5, 5.41) is 0.475. The Balaban J connectivity index is 1.48. The number of halogens is 1. The second kappa shape index (κ2) is 8.08. The molecule has 4 rings (SSSR count). The van der Waals surface area contributed by atoms with E-state index in [1.165, 1.54) is 24.1 Å². The van der Waals surface area contributed by atoms with Crippen molar-refractivity contribution in [3.63, 3.8) is 0 Å². The number of methoxy groups -OCH3 is 2. The molecule has 1 fully saturated rings. The largest absolute Gasteiger partial charge is 0.493 e. The molecule has 1 saturated heterocycles. The third-order valence-corrected chi connectivity index (χ3v) is 5.34. The van der Waals surface area contributed by atoms with Crippen molar-refractivity contribution in [3.05, 3.63) is 58.4 Å². The monoisotopic (exact) mass is 399 g/mol. The van der Waals surface area contributed by atoms with Gasteiger partial charge in [-0.05, 0) is 30.3 Å². The molecule has 8 heteroatoms. The van der Waals surface area contributed by atoms with E-state index in [1.807, 2.05) is 12.1 Å². The highest BCUT2D eigenvalue weighted by Gasteiger charge is 2.22. The van der Waals surface area contributed by atoms with Crippen LogP contribution in [0.2, 0.25) is 0 Å². The van der Waals surface area contributed by atoms with Crippen LogP contribution in [-0.2, 0) is 6.54 Å². The number of hydrogen-bond acceptors (Lipinski definition) is 5. The van der Waals surface area contributed by atoms with E-state index in [2.05, 4.69) is 14.9 Å². The second-order valence-electron chi connectivity index (χ2n) is 7.13. The Labute approximate surface area is 167 Å². The molecule has 0 aliphatic carbocycles. The molecule has 29 heavy (non-hydrogen) atoms. The third-order valence-electron chi connectivity index (χ3n) is 5.34. The number of ether oxygens (including phenoxy) is 2. The summed E-state index contributed by atoms with van der Waals surface area (Å²) in [5.41, 5.74) is 1.43. The van der Waals surface area contributed by atoms with Crippen LogP contribution in [0.5, 0.6) is 11.5 Å². The van der Waals surface area contributed by atoms with E-state index in [1.54, 1.807) is 19.2 Å². The zero-order chi connectivity index (χ0) is 20.4. The van der Waals surface area contributed by atoms with Crippen molar-refractivity contribution in [3.8, 4) is 11.5 Å². The van der Waals surface area contributed by atoms with Crippen molar-refractivity contribution in [2.45, 2.75) is 6.54 Å². The van der Waals surface area contributed by atoms with Crippen LogP contribution >= 0.6 is 0 Å². The first-order valence-corrected chi connectivity index (χ1v) is 9.56. The Bertz CT molecular complexity index is 1060. The fourth-order valence-electron chi connectivity index (χ4n) is 3.74. The third kappa shape index (κ3) is 4.02. The predicted molar refractivity (Wildman–Crippen MR) is 108 cm³/mol. The SMILES string of the molecule is COc1cc2nc(C[NH+]3CCN(c4ccc(F)cc4)CC3)[nH]c(=O)c2cc1OC. The summed E-state index contributed by atoms with van der Waals surface area (Å²) < 4.78 is 23.7. The molecule has 0 amide bonds. The summed E-state index contributed by atoms with van der Waals surface area (Å²) in [6.07, 6.45) is 0. The molecule has 2 aromatic carbocycles. The van der Waals surface area contributed by atoms with Crippen molar-refractivity contribution in [1.29, 1.82) is 0 Å². The van der Waals surface area contributed by atoms with Crippen LogP contribution in [0.3, 0.4) is 0 Å². The number of aromatic nitrogens is 2. The van der Waals surface area contributed by atoms with Gasteiger partial charge in [-0.3, -0.25) is 4.79 Å². The minimum Gasteiger partial charge on any atom is -0.493 e. The number of aromatic amines is 1. The fraction of sp³-hybridized carbons (Fsp3) is 0.333. The molecular weight excluding hydrogens is 375 g/mol. The summed E-state index contributed by atoms with van der Waals surface area (Å²) in [5.74, 6) is 1.48. The molecule has 1 aliphatic heterocycles. The number of rotatable bonds is 5. The molecule has 0 bridgehead atoms. The topological polar surface area (TPSA) is 71.9 Å². The van der Waals surface area contributed by atoms with E-state index in [4.69, 9.17) is 9.47 Å². The number of fused-ring (bicyclic) bond motifs is 1. The number of nitrogens with one attached hydrogen (secondary N) is 2. The number of benzene rings is 2. The van der Waals surface area contributed by atoms with Gasteiger partial charge in [0.05, 0.1) is 51.3 Å². The van der Waals surface area contributed by atoms with E-state index in [0.29, 0.717) is 34.8 Å². The molecule has 0 radical (unpaired) electrons. The highest BCUT2D eigenvalue weighted by molar-refractivity contribution is 5.81. The molecule has 1 aromatic heterocycles. The zero-order valence-corrected chi connectivity index (χ0v) is 16.5. The van der Waals surface area contributed by atoms with Crippen LogP contribution in [0.4, 0.5) is 10.1 Å². The van der Waals surface area contributed by atoms with Crippen LogP contribution in [-0.4, -0.2) is 50.4 Å². The van der Waals surface area contributed by atoms with Gasteiger partial charge in [-0.1, -0.05) is 0 Å². The Morgan fingerprint density at radius 1 is 1.10 bits per heavy atom. The molecule has 2 heterocycles. The second-order valence-corrected chi connectivity index (χ2v) is 7.13. The summed E-state index contributed by atoms with van der Waals surface area (Å²) in [6.45, 7) is 4.18. The Kier molecular flexibility index (Phi) is 5.35. The lowest BCUT2D eigenvalue weighted by Crippen LogP contribution is -3.13. The molecule has 0 spiro atoms. The van der Waals surface area contributed by atoms with Crippen LogP contribution in [0.1, 0.15) is 5.82 Å². The van der Waals surface area contributed by atoms with E-state index in [9.17, 15) is 9.18 Å². The van der Waals surface area contributed by atoms with Crippen molar-refractivity contribution in [2.24, 2.45) is 0 Å².